The van der Waals surface area contributed by atoms with Gasteiger partial charge < -0.3 is 20.4 Å². The van der Waals surface area contributed by atoms with E-state index in [1.54, 1.807) is 11.0 Å². The SMILES string of the molecule is CC[C@H](C)N1C(=O)c2ccccc2N[C@@H]1c1ccc(O)c(O)c1. The number of nitrogens with one attached hydrogen (secondary N) is 1. The van der Waals surface area contributed by atoms with Crippen LogP contribution in [0, 0.1) is 0 Å². The number of hydrogen-bond donors (Lipinski definition) is 3. The van der Waals surface area contributed by atoms with Crippen LogP contribution in [0.15, 0.2) is 42.5 Å². The van der Waals surface area contributed by atoms with Gasteiger partial charge in [-0.25, -0.2) is 0 Å². The van der Waals surface area contributed by atoms with Gasteiger partial charge in [0, 0.05) is 11.7 Å². The van der Waals surface area contributed by atoms with Crippen molar-refractivity contribution >= 4 is 11.6 Å². The molecule has 1 heterocycles. The van der Waals surface area contributed by atoms with Gasteiger partial charge in [0.25, 0.3) is 5.91 Å². The summed E-state index contributed by atoms with van der Waals surface area (Å²) in [5, 5.41) is 22.7. The highest BCUT2D eigenvalue weighted by atomic mass is 16.3. The lowest BCUT2D eigenvalue weighted by Crippen LogP contribution is -2.47. The van der Waals surface area contributed by atoms with E-state index in [4.69, 9.17) is 0 Å². The largest absolute Gasteiger partial charge is 0.504 e. The molecule has 5 nitrogen and oxygen atoms in total. The van der Waals surface area contributed by atoms with Crippen molar-refractivity contribution < 1.29 is 15.0 Å². The van der Waals surface area contributed by atoms with Crippen LogP contribution in [-0.4, -0.2) is 27.1 Å². The predicted octanol–water partition coefficient (Wildman–Crippen LogP) is 3.46. The number of rotatable bonds is 3. The minimum atomic E-state index is -0.390. The van der Waals surface area contributed by atoms with Crippen LogP contribution in [0.25, 0.3) is 0 Å². The third kappa shape index (κ3) is 2.59. The first-order valence-electron chi connectivity index (χ1n) is 7.73. The van der Waals surface area contributed by atoms with Crippen molar-refractivity contribution in [2.75, 3.05) is 5.32 Å². The molecule has 3 rings (SSSR count). The monoisotopic (exact) mass is 312 g/mol. The van der Waals surface area contributed by atoms with E-state index in [1.807, 2.05) is 38.1 Å². The Morgan fingerprint density at radius 3 is 2.61 bits per heavy atom. The first kappa shape index (κ1) is 15.2. The van der Waals surface area contributed by atoms with Crippen LogP contribution in [0.2, 0.25) is 0 Å². The molecule has 5 heteroatoms. The van der Waals surface area contributed by atoms with Crippen LogP contribution in [0.1, 0.15) is 42.4 Å². The number of anilines is 1. The topological polar surface area (TPSA) is 72.8 Å². The maximum atomic E-state index is 12.9. The number of phenols is 2. The van der Waals surface area contributed by atoms with Crippen molar-refractivity contribution in [3.8, 4) is 11.5 Å². The van der Waals surface area contributed by atoms with Crippen LogP contribution in [0.4, 0.5) is 5.69 Å². The average molecular weight is 312 g/mol. The molecule has 2 atom stereocenters. The van der Waals surface area contributed by atoms with Gasteiger partial charge in [0.05, 0.1) is 5.56 Å². The van der Waals surface area contributed by atoms with Gasteiger partial charge in [-0.2, -0.15) is 0 Å². The lowest BCUT2D eigenvalue weighted by molar-refractivity contribution is 0.0593. The van der Waals surface area contributed by atoms with Gasteiger partial charge in [-0.15, -0.1) is 0 Å². The lowest BCUT2D eigenvalue weighted by atomic mass is 10.0. The van der Waals surface area contributed by atoms with Crippen molar-refractivity contribution in [2.45, 2.75) is 32.5 Å². The highest BCUT2D eigenvalue weighted by molar-refractivity contribution is 6.01. The van der Waals surface area contributed by atoms with Crippen LogP contribution in [0.3, 0.4) is 0 Å². The molecule has 0 unspecified atom stereocenters. The minimum Gasteiger partial charge on any atom is -0.504 e. The Bertz CT molecular complexity index is 745. The number of phenolic OH excluding ortho intramolecular Hbond substituents is 2. The molecule has 3 N–H and O–H groups in total. The van der Waals surface area contributed by atoms with Gasteiger partial charge in [0.15, 0.2) is 11.5 Å². The van der Waals surface area contributed by atoms with Crippen LogP contribution in [0.5, 0.6) is 11.5 Å². The van der Waals surface area contributed by atoms with Gasteiger partial charge in [-0.05, 0) is 43.2 Å². The summed E-state index contributed by atoms with van der Waals surface area (Å²) in [5.74, 6) is -0.405. The summed E-state index contributed by atoms with van der Waals surface area (Å²) in [7, 11) is 0. The molecule has 0 aromatic heterocycles. The zero-order chi connectivity index (χ0) is 16.6. The zero-order valence-electron chi connectivity index (χ0n) is 13.2. The summed E-state index contributed by atoms with van der Waals surface area (Å²) in [5.41, 5.74) is 2.14. The maximum absolute atomic E-state index is 12.9. The van der Waals surface area contributed by atoms with Crippen molar-refractivity contribution in [3.63, 3.8) is 0 Å². The van der Waals surface area contributed by atoms with Gasteiger partial charge in [0.2, 0.25) is 0 Å². The molecule has 23 heavy (non-hydrogen) atoms. The molecule has 1 aliphatic rings. The van der Waals surface area contributed by atoms with Crippen molar-refractivity contribution in [1.29, 1.82) is 0 Å². The number of amides is 1. The summed E-state index contributed by atoms with van der Waals surface area (Å²) >= 11 is 0. The van der Waals surface area contributed by atoms with Gasteiger partial charge in [-0.3, -0.25) is 4.79 Å². The second kappa shape index (κ2) is 5.83. The number of carbonyl (C=O) groups excluding carboxylic acids is 1. The molecule has 2 aromatic carbocycles. The van der Waals surface area contributed by atoms with Gasteiger partial charge in [-0.1, -0.05) is 25.1 Å². The highest BCUT2D eigenvalue weighted by Gasteiger charge is 2.35. The molecule has 0 radical (unpaired) electrons. The Kier molecular flexibility index (Phi) is 3.86. The van der Waals surface area contributed by atoms with E-state index in [0.717, 1.165) is 17.7 Å². The number of para-hydroxylation sites is 1. The number of carbonyl (C=O) groups is 1. The molecular formula is C18H20N2O3. The van der Waals surface area contributed by atoms with Crippen LogP contribution >= 0.6 is 0 Å². The third-order valence-corrected chi connectivity index (χ3v) is 4.34. The lowest BCUT2D eigenvalue weighted by Gasteiger charge is -2.41. The van der Waals surface area contributed by atoms with E-state index in [9.17, 15) is 15.0 Å². The standard InChI is InChI=1S/C18H20N2O3/c1-3-11(2)20-17(12-8-9-15(21)16(22)10-12)19-14-7-5-4-6-13(14)18(20)23/h4-11,17,19,21-22H,3H2,1-2H3/t11-,17-/m0/s1. The number of hydrogen-bond acceptors (Lipinski definition) is 4. The van der Waals surface area contributed by atoms with Gasteiger partial charge in [0.1, 0.15) is 6.17 Å². The third-order valence-electron chi connectivity index (χ3n) is 4.34. The van der Waals surface area contributed by atoms with Crippen molar-refractivity contribution in [2.24, 2.45) is 0 Å². The van der Waals surface area contributed by atoms with E-state index in [1.165, 1.54) is 12.1 Å². The molecule has 0 saturated heterocycles. The molecule has 0 fully saturated rings. The number of benzene rings is 2. The van der Waals surface area contributed by atoms with Crippen LogP contribution in [-0.2, 0) is 0 Å². The summed E-state index contributed by atoms with van der Waals surface area (Å²) in [6, 6.07) is 12.1. The average Bonchev–Trinajstić information content (AvgIpc) is 2.56. The fraction of sp³-hybridized carbons (Fsp3) is 0.278. The molecule has 120 valence electrons. The Hall–Kier alpha value is -2.69. The van der Waals surface area contributed by atoms with Crippen molar-refractivity contribution in [1.82, 2.24) is 4.90 Å². The summed E-state index contributed by atoms with van der Waals surface area (Å²) in [4.78, 5) is 14.7. The smallest absolute Gasteiger partial charge is 0.258 e. The fourth-order valence-electron chi connectivity index (χ4n) is 2.87. The Morgan fingerprint density at radius 1 is 1.17 bits per heavy atom. The maximum Gasteiger partial charge on any atom is 0.258 e. The first-order valence-corrected chi connectivity index (χ1v) is 7.73. The fourth-order valence-corrected chi connectivity index (χ4v) is 2.87. The molecule has 0 saturated carbocycles. The highest BCUT2D eigenvalue weighted by Crippen LogP contribution is 2.37. The summed E-state index contributed by atoms with van der Waals surface area (Å²) in [6.07, 6.45) is 0.426. The molecule has 0 aliphatic carbocycles. The minimum absolute atomic E-state index is 0.0318. The molecule has 1 amide bonds. The Labute approximate surface area is 135 Å². The van der Waals surface area contributed by atoms with Crippen molar-refractivity contribution in [3.05, 3.63) is 53.6 Å². The normalized spacial score (nSPS) is 18.3. The Morgan fingerprint density at radius 2 is 1.91 bits per heavy atom. The zero-order valence-corrected chi connectivity index (χ0v) is 13.2. The summed E-state index contributed by atoms with van der Waals surface area (Å²) < 4.78 is 0. The Balaban J connectivity index is 2.09. The van der Waals surface area contributed by atoms with E-state index in [0.29, 0.717) is 5.56 Å². The quantitative estimate of drug-likeness (QED) is 0.759. The second-order valence-electron chi connectivity index (χ2n) is 5.81. The van der Waals surface area contributed by atoms with E-state index >= 15 is 0 Å². The molecule has 1 aliphatic heterocycles. The number of fused-ring (bicyclic) bond motifs is 1. The van der Waals surface area contributed by atoms with E-state index in [-0.39, 0.29) is 29.6 Å². The van der Waals surface area contributed by atoms with E-state index in [2.05, 4.69) is 5.32 Å². The molecule has 0 bridgehead atoms. The molecule has 0 spiro atoms. The van der Waals surface area contributed by atoms with Gasteiger partial charge >= 0.3 is 0 Å². The second-order valence-corrected chi connectivity index (χ2v) is 5.81. The predicted molar refractivity (Wildman–Crippen MR) is 88.5 cm³/mol. The molecule has 2 aromatic rings. The van der Waals surface area contributed by atoms with E-state index < -0.39 is 0 Å². The number of nitrogens with zero attached hydrogens (tertiary/aromatic N) is 1. The number of aromatic hydroxyl groups is 2. The molecular weight excluding hydrogens is 292 g/mol. The first-order chi connectivity index (χ1) is 11.0. The summed E-state index contributed by atoms with van der Waals surface area (Å²) in [6.45, 7) is 4.03. The van der Waals surface area contributed by atoms with Crippen LogP contribution < -0.4 is 5.32 Å².